The van der Waals surface area contributed by atoms with Crippen LogP contribution in [0.5, 0.6) is 0 Å². The highest BCUT2D eigenvalue weighted by Crippen LogP contribution is 2.25. The molecule has 3 N–H and O–H groups in total. The maximum Gasteiger partial charge on any atom is 0.110 e. The molecule has 0 radical (unpaired) electrons. The van der Waals surface area contributed by atoms with E-state index in [0.29, 0.717) is 12.3 Å². The van der Waals surface area contributed by atoms with Crippen molar-refractivity contribution in [2.45, 2.75) is 65.0 Å². The fraction of sp³-hybridized carbons (Fsp3) is 0.556. The third-order valence-corrected chi connectivity index (χ3v) is 6.00. The molecule has 0 aliphatic carbocycles. The van der Waals surface area contributed by atoms with Crippen molar-refractivity contribution in [1.82, 2.24) is 10.2 Å². The van der Waals surface area contributed by atoms with E-state index in [2.05, 4.69) is 68.8 Å². The summed E-state index contributed by atoms with van der Waals surface area (Å²) in [5, 5.41) is 22.9. The Labute approximate surface area is 194 Å². The largest absolute Gasteiger partial charge is 0.469 e. The van der Waals surface area contributed by atoms with Gasteiger partial charge >= 0.3 is 0 Å². The molecule has 178 valence electrons. The van der Waals surface area contributed by atoms with Crippen LogP contribution in [0.25, 0.3) is 0 Å². The van der Waals surface area contributed by atoms with Gasteiger partial charge in [-0.25, -0.2) is 0 Å². The molecular formula is C27H42N2O3. The van der Waals surface area contributed by atoms with E-state index in [0.717, 1.165) is 43.9 Å². The lowest BCUT2D eigenvalue weighted by atomic mass is 9.97. The molecule has 1 aliphatic heterocycles. The molecule has 0 spiro atoms. The maximum atomic E-state index is 9.84. The normalized spacial score (nSPS) is 22.0. The summed E-state index contributed by atoms with van der Waals surface area (Å²) in [6.45, 7) is 15.2. The minimum Gasteiger partial charge on any atom is -0.469 e. The van der Waals surface area contributed by atoms with Gasteiger partial charge in [0.25, 0.3) is 0 Å². The second kappa shape index (κ2) is 13.5. The van der Waals surface area contributed by atoms with Gasteiger partial charge in [-0.15, -0.1) is 0 Å². The minimum atomic E-state index is -0.285. The Hall–Kier alpha value is -2.08. The highest BCUT2D eigenvalue weighted by molar-refractivity contribution is 5.23. The monoisotopic (exact) mass is 442 g/mol. The van der Waals surface area contributed by atoms with E-state index in [4.69, 9.17) is 4.42 Å². The van der Waals surface area contributed by atoms with Crippen molar-refractivity contribution in [2.75, 3.05) is 26.2 Å². The van der Waals surface area contributed by atoms with Gasteiger partial charge < -0.3 is 19.9 Å². The average molecular weight is 443 g/mol. The summed E-state index contributed by atoms with van der Waals surface area (Å²) in [7, 11) is 0. The summed E-state index contributed by atoms with van der Waals surface area (Å²) >= 11 is 0. The van der Waals surface area contributed by atoms with Crippen LogP contribution in [0, 0.1) is 5.92 Å². The zero-order valence-electron chi connectivity index (χ0n) is 20.3. The van der Waals surface area contributed by atoms with Gasteiger partial charge in [0.2, 0.25) is 0 Å². The Kier molecular flexibility index (Phi) is 11.0. The Morgan fingerprint density at radius 2 is 2.19 bits per heavy atom. The zero-order chi connectivity index (χ0) is 23.5. The van der Waals surface area contributed by atoms with Gasteiger partial charge in [-0.2, -0.15) is 0 Å². The minimum absolute atomic E-state index is 0.0590. The zero-order valence-corrected chi connectivity index (χ0v) is 20.3. The lowest BCUT2D eigenvalue weighted by Crippen LogP contribution is -2.47. The number of aliphatic hydroxyl groups excluding tert-OH is 2. The first-order valence-electron chi connectivity index (χ1n) is 11.8. The molecule has 2 heterocycles. The first-order valence-corrected chi connectivity index (χ1v) is 11.8. The second-order valence-corrected chi connectivity index (χ2v) is 9.24. The number of hydrogen-bond acceptors (Lipinski definition) is 5. The van der Waals surface area contributed by atoms with Crippen LogP contribution in [0.3, 0.4) is 0 Å². The van der Waals surface area contributed by atoms with Gasteiger partial charge in [0.1, 0.15) is 5.76 Å². The molecule has 0 saturated carbocycles. The van der Waals surface area contributed by atoms with Crippen molar-refractivity contribution >= 4 is 0 Å². The van der Waals surface area contributed by atoms with E-state index < -0.39 is 0 Å². The van der Waals surface area contributed by atoms with Crippen LogP contribution < -0.4 is 5.32 Å². The van der Waals surface area contributed by atoms with Crippen LogP contribution in [0.2, 0.25) is 0 Å². The molecule has 2 rings (SSSR count). The molecule has 3 unspecified atom stereocenters. The number of nitrogens with one attached hydrogen (secondary N) is 1. The van der Waals surface area contributed by atoms with Crippen LogP contribution in [0.15, 0.2) is 70.5 Å². The Bertz CT molecular complexity index is 775. The molecule has 32 heavy (non-hydrogen) atoms. The molecule has 0 aromatic carbocycles. The van der Waals surface area contributed by atoms with Crippen LogP contribution in [0.4, 0.5) is 0 Å². The standard InChI is InChI=1S/C27H42N2O3/c1-6-23(10-9-21(4)18-29-12-11-26(31)16-25(29)19-30)17-28-22(5)15-24(14-20(2)3)27-8-7-13-32-27/h6-10,13-14,21,24-26,28,30-31H,5,11-12,15-19H2,1-4H3/b10-9-,23-6+/t21?,24?,25?,26-/m1/s1. The number of likely N-dealkylation sites (tertiary alicyclic amines) is 1. The SMILES string of the molecule is C=C(CC(C=C(C)C)c1ccco1)NCC(/C=C\C(C)CN1CC[C@@H](O)CC1CO)=C/C. The molecule has 1 aromatic rings. The molecule has 1 fully saturated rings. The second-order valence-electron chi connectivity index (χ2n) is 9.24. The van der Waals surface area contributed by atoms with Gasteiger partial charge in [-0.05, 0) is 63.7 Å². The number of piperidine rings is 1. The summed E-state index contributed by atoms with van der Waals surface area (Å²) in [5.74, 6) is 1.50. The van der Waals surface area contributed by atoms with Gasteiger partial charge in [0.05, 0.1) is 19.0 Å². The first-order chi connectivity index (χ1) is 15.3. The fourth-order valence-electron chi connectivity index (χ4n) is 4.20. The summed E-state index contributed by atoms with van der Waals surface area (Å²) in [5.41, 5.74) is 3.46. The third-order valence-electron chi connectivity index (χ3n) is 6.00. The van der Waals surface area contributed by atoms with Crippen LogP contribution >= 0.6 is 0 Å². The van der Waals surface area contributed by atoms with Gasteiger partial charge in [0.15, 0.2) is 0 Å². The summed E-state index contributed by atoms with van der Waals surface area (Å²) in [4.78, 5) is 2.30. The predicted molar refractivity (Wildman–Crippen MR) is 132 cm³/mol. The molecule has 0 bridgehead atoms. The Morgan fingerprint density at radius 3 is 2.81 bits per heavy atom. The molecule has 1 aliphatic rings. The number of nitrogens with zero attached hydrogens (tertiary/aromatic N) is 1. The van der Waals surface area contributed by atoms with E-state index in [1.54, 1.807) is 6.26 Å². The summed E-state index contributed by atoms with van der Waals surface area (Å²) in [6.07, 6.45) is 12.4. The van der Waals surface area contributed by atoms with Crippen LogP contribution in [-0.4, -0.2) is 53.5 Å². The van der Waals surface area contributed by atoms with Gasteiger partial charge in [-0.1, -0.05) is 43.4 Å². The lowest BCUT2D eigenvalue weighted by molar-refractivity contribution is 0.0133. The Balaban J connectivity index is 1.84. The van der Waals surface area contributed by atoms with E-state index in [-0.39, 0.29) is 24.7 Å². The molecule has 1 saturated heterocycles. The van der Waals surface area contributed by atoms with E-state index in [9.17, 15) is 10.2 Å². The lowest BCUT2D eigenvalue weighted by Gasteiger charge is -2.37. The van der Waals surface area contributed by atoms with Crippen LogP contribution in [0.1, 0.15) is 58.6 Å². The average Bonchev–Trinajstić information content (AvgIpc) is 3.29. The molecule has 5 nitrogen and oxygen atoms in total. The number of allylic oxidation sites excluding steroid dienone is 4. The van der Waals surface area contributed by atoms with E-state index in [1.807, 2.05) is 12.1 Å². The molecule has 5 heteroatoms. The van der Waals surface area contributed by atoms with Crippen molar-refractivity contribution in [1.29, 1.82) is 0 Å². The summed E-state index contributed by atoms with van der Waals surface area (Å²) in [6, 6.07) is 4.00. The Morgan fingerprint density at radius 1 is 1.41 bits per heavy atom. The number of aliphatic hydroxyl groups is 2. The third kappa shape index (κ3) is 8.81. The predicted octanol–water partition coefficient (Wildman–Crippen LogP) is 4.78. The summed E-state index contributed by atoms with van der Waals surface area (Å²) < 4.78 is 5.62. The first kappa shape index (κ1) is 26.2. The quantitative estimate of drug-likeness (QED) is 0.321. The van der Waals surface area contributed by atoms with Crippen molar-refractivity contribution in [3.63, 3.8) is 0 Å². The van der Waals surface area contributed by atoms with E-state index >= 15 is 0 Å². The van der Waals surface area contributed by atoms with Gasteiger partial charge in [0, 0.05) is 37.3 Å². The number of furan rings is 1. The molecule has 4 atom stereocenters. The van der Waals surface area contributed by atoms with Gasteiger partial charge in [-0.3, -0.25) is 4.90 Å². The van der Waals surface area contributed by atoms with Crippen molar-refractivity contribution in [3.8, 4) is 0 Å². The molecular weight excluding hydrogens is 400 g/mol. The van der Waals surface area contributed by atoms with Crippen molar-refractivity contribution in [3.05, 3.63) is 71.9 Å². The molecule has 1 aromatic heterocycles. The molecule has 0 amide bonds. The highest BCUT2D eigenvalue weighted by atomic mass is 16.3. The smallest absolute Gasteiger partial charge is 0.110 e. The fourth-order valence-corrected chi connectivity index (χ4v) is 4.20. The number of hydrogen-bond donors (Lipinski definition) is 3. The topological polar surface area (TPSA) is 68.9 Å². The highest BCUT2D eigenvalue weighted by Gasteiger charge is 2.27. The van der Waals surface area contributed by atoms with E-state index in [1.165, 1.54) is 11.1 Å². The van der Waals surface area contributed by atoms with Crippen molar-refractivity contribution < 1.29 is 14.6 Å². The number of rotatable bonds is 12. The van der Waals surface area contributed by atoms with Crippen LogP contribution in [-0.2, 0) is 0 Å². The van der Waals surface area contributed by atoms with Crippen molar-refractivity contribution in [2.24, 2.45) is 5.92 Å². The maximum absolute atomic E-state index is 9.84.